The number of carboxylic acid groups (broad SMARTS) is 1. The number of hydrogen-bond donors (Lipinski definition) is 4. The number of nitrogens with two attached hydrogens (primary N) is 1. The Kier molecular flexibility index (Phi) is 5.42. The average molecular weight is 320 g/mol. The van der Waals surface area contributed by atoms with Crippen LogP contribution in [0.3, 0.4) is 0 Å². The number of rotatable bonds is 7. The van der Waals surface area contributed by atoms with Crippen molar-refractivity contribution in [3.63, 3.8) is 0 Å². The molecule has 1 unspecified atom stereocenters. The Bertz CT molecular complexity index is 658. The number of carbonyl (C=O) groups is 2. The molecule has 7 nitrogen and oxygen atoms in total. The van der Waals surface area contributed by atoms with Gasteiger partial charge in [-0.3, -0.25) is 4.79 Å². The Balaban J connectivity index is 1.96. The summed E-state index contributed by atoms with van der Waals surface area (Å²) in [7, 11) is 0. The molecule has 0 aliphatic rings. The minimum atomic E-state index is -1.19. The maximum atomic E-state index is 12.9. The van der Waals surface area contributed by atoms with Gasteiger partial charge in [-0.15, -0.1) is 0 Å². The number of imidazole rings is 1. The Morgan fingerprint density at radius 3 is 2.57 bits per heavy atom. The minimum absolute atomic E-state index is 0.0382. The zero-order valence-electron chi connectivity index (χ0n) is 12.2. The van der Waals surface area contributed by atoms with Crippen LogP contribution in [0.2, 0.25) is 0 Å². The first-order valence-electron chi connectivity index (χ1n) is 6.96. The van der Waals surface area contributed by atoms with Crippen molar-refractivity contribution in [1.29, 1.82) is 0 Å². The first-order valence-corrected chi connectivity index (χ1v) is 6.96. The summed E-state index contributed by atoms with van der Waals surface area (Å²) in [6, 6.07) is 3.37. The van der Waals surface area contributed by atoms with Crippen molar-refractivity contribution in [3.8, 4) is 0 Å². The molecule has 122 valence electrons. The molecule has 23 heavy (non-hydrogen) atoms. The molecule has 5 N–H and O–H groups in total. The molecule has 0 spiro atoms. The topological polar surface area (TPSA) is 121 Å². The van der Waals surface area contributed by atoms with E-state index < -0.39 is 29.8 Å². The number of carboxylic acids is 1. The Labute approximate surface area is 131 Å². The molecule has 0 saturated heterocycles. The molecule has 0 aliphatic heterocycles. The highest BCUT2D eigenvalue weighted by Crippen LogP contribution is 2.07. The van der Waals surface area contributed by atoms with E-state index >= 15 is 0 Å². The smallest absolute Gasteiger partial charge is 0.326 e. The monoisotopic (exact) mass is 320 g/mol. The third kappa shape index (κ3) is 4.89. The van der Waals surface area contributed by atoms with Gasteiger partial charge in [0.1, 0.15) is 11.9 Å². The van der Waals surface area contributed by atoms with Crippen LogP contribution in [0.25, 0.3) is 0 Å². The van der Waals surface area contributed by atoms with Crippen LogP contribution in [0.4, 0.5) is 4.39 Å². The zero-order valence-corrected chi connectivity index (χ0v) is 12.2. The van der Waals surface area contributed by atoms with E-state index in [1.807, 2.05) is 0 Å². The lowest BCUT2D eigenvalue weighted by Crippen LogP contribution is -2.50. The maximum absolute atomic E-state index is 12.9. The molecular formula is C15H17FN4O3. The standard InChI is InChI=1S/C15H17FN4O3/c16-10-3-1-9(2-4-10)5-13(15(22)23)20-14(21)12(17)6-11-7-18-8-19-11/h1-4,7-8,12-13H,5-6,17H2,(H,18,19)(H,20,21)(H,22,23)/t12-,13?/m0/s1. The van der Waals surface area contributed by atoms with Crippen LogP contribution in [0.1, 0.15) is 11.3 Å². The Hall–Kier alpha value is -2.74. The normalized spacial score (nSPS) is 13.3. The van der Waals surface area contributed by atoms with Crippen LogP contribution in [0.15, 0.2) is 36.8 Å². The second-order valence-corrected chi connectivity index (χ2v) is 5.10. The summed E-state index contributed by atoms with van der Waals surface area (Å²) in [4.78, 5) is 30.0. The molecule has 0 fully saturated rings. The van der Waals surface area contributed by atoms with Gasteiger partial charge in [0.15, 0.2) is 0 Å². The molecule has 2 atom stereocenters. The molecule has 1 heterocycles. The fourth-order valence-corrected chi connectivity index (χ4v) is 2.06. The third-order valence-corrected chi connectivity index (χ3v) is 3.29. The van der Waals surface area contributed by atoms with E-state index in [4.69, 9.17) is 5.73 Å². The molecule has 0 radical (unpaired) electrons. The van der Waals surface area contributed by atoms with Gasteiger partial charge in [-0.2, -0.15) is 0 Å². The van der Waals surface area contributed by atoms with Gasteiger partial charge < -0.3 is 21.1 Å². The van der Waals surface area contributed by atoms with Crippen LogP contribution in [0.5, 0.6) is 0 Å². The van der Waals surface area contributed by atoms with Crippen LogP contribution in [-0.2, 0) is 22.4 Å². The Morgan fingerprint density at radius 2 is 2.00 bits per heavy atom. The van der Waals surface area contributed by atoms with Crippen LogP contribution in [0, 0.1) is 5.82 Å². The number of nitrogens with one attached hydrogen (secondary N) is 2. The number of aromatic amines is 1. The van der Waals surface area contributed by atoms with Gasteiger partial charge in [-0.05, 0) is 17.7 Å². The summed E-state index contributed by atoms with van der Waals surface area (Å²) in [6.07, 6.45) is 3.31. The van der Waals surface area contributed by atoms with Gasteiger partial charge in [0.2, 0.25) is 5.91 Å². The molecular weight excluding hydrogens is 303 g/mol. The van der Waals surface area contributed by atoms with Gasteiger partial charge >= 0.3 is 5.97 Å². The fourth-order valence-electron chi connectivity index (χ4n) is 2.06. The number of aromatic nitrogens is 2. The molecule has 0 aliphatic carbocycles. The highest BCUT2D eigenvalue weighted by molar-refractivity contribution is 5.87. The van der Waals surface area contributed by atoms with E-state index in [1.54, 1.807) is 6.20 Å². The van der Waals surface area contributed by atoms with E-state index in [0.717, 1.165) is 0 Å². The summed E-state index contributed by atoms with van der Waals surface area (Å²) in [5.74, 6) is -2.18. The van der Waals surface area contributed by atoms with Crippen molar-refractivity contribution in [1.82, 2.24) is 15.3 Å². The number of amides is 1. The highest BCUT2D eigenvalue weighted by atomic mass is 19.1. The van der Waals surface area contributed by atoms with E-state index in [-0.39, 0.29) is 12.8 Å². The fraction of sp³-hybridized carbons (Fsp3) is 0.267. The molecule has 8 heteroatoms. The van der Waals surface area contributed by atoms with E-state index in [0.29, 0.717) is 11.3 Å². The molecule has 1 aromatic heterocycles. The largest absolute Gasteiger partial charge is 0.480 e. The number of benzene rings is 1. The second kappa shape index (κ2) is 7.50. The van der Waals surface area contributed by atoms with Crippen molar-refractivity contribution >= 4 is 11.9 Å². The van der Waals surface area contributed by atoms with Crippen molar-refractivity contribution in [2.75, 3.05) is 0 Å². The van der Waals surface area contributed by atoms with Crippen molar-refractivity contribution < 1.29 is 19.1 Å². The first-order chi connectivity index (χ1) is 11.0. The highest BCUT2D eigenvalue weighted by Gasteiger charge is 2.24. The maximum Gasteiger partial charge on any atom is 0.326 e. The summed E-state index contributed by atoms with van der Waals surface area (Å²) in [5, 5.41) is 11.6. The second-order valence-electron chi connectivity index (χ2n) is 5.10. The van der Waals surface area contributed by atoms with Gasteiger partial charge in [0.25, 0.3) is 0 Å². The summed E-state index contributed by atoms with van der Waals surface area (Å²) in [5.41, 5.74) is 6.97. The number of hydrogen-bond acceptors (Lipinski definition) is 4. The third-order valence-electron chi connectivity index (χ3n) is 3.29. The number of nitrogens with zero attached hydrogens (tertiary/aromatic N) is 1. The molecule has 1 amide bonds. The van der Waals surface area contributed by atoms with Crippen molar-refractivity contribution in [3.05, 3.63) is 53.9 Å². The number of carbonyl (C=O) groups excluding carboxylic acids is 1. The van der Waals surface area contributed by atoms with E-state index in [2.05, 4.69) is 15.3 Å². The molecule has 1 aromatic carbocycles. The van der Waals surface area contributed by atoms with Gasteiger partial charge in [0.05, 0.1) is 18.1 Å². The lowest BCUT2D eigenvalue weighted by molar-refractivity contribution is -0.141. The number of aliphatic carboxylic acids is 1. The van der Waals surface area contributed by atoms with E-state index in [9.17, 15) is 19.1 Å². The lowest BCUT2D eigenvalue weighted by atomic mass is 10.0. The van der Waals surface area contributed by atoms with E-state index in [1.165, 1.54) is 30.6 Å². The molecule has 0 bridgehead atoms. The predicted molar refractivity (Wildman–Crippen MR) is 79.9 cm³/mol. The molecule has 2 rings (SSSR count). The SMILES string of the molecule is N[C@@H](Cc1c[nH]cn1)C(=O)NC(Cc1ccc(F)cc1)C(=O)O. The molecule has 2 aromatic rings. The minimum Gasteiger partial charge on any atom is -0.480 e. The number of H-pyrrole nitrogens is 1. The summed E-state index contributed by atoms with van der Waals surface area (Å²) < 4.78 is 12.9. The summed E-state index contributed by atoms with van der Waals surface area (Å²) >= 11 is 0. The average Bonchev–Trinajstić information content (AvgIpc) is 3.01. The quantitative estimate of drug-likeness (QED) is 0.582. The Morgan fingerprint density at radius 1 is 1.30 bits per heavy atom. The van der Waals surface area contributed by atoms with Gasteiger partial charge in [0, 0.05) is 19.0 Å². The van der Waals surface area contributed by atoms with Crippen molar-refractivity contribution in [2.45, 2.75) is 24.9 Å². The van der Waals surface area contributed by atoms with Crippen LogP contribution >= 0.6 is 0 Å². The van der Waals surface area contributed by atoms with Gasteiger partial charge in [-0.25, -0.2) is 14.2 Å². The number of halogens is 1. The summed E-state index contributed by atoms with van der Waals surface area (Å²) in [6.45, 7) is 0. The predicted octanol–water partition coefficient (Wildman–Crippen LogP) is 0.231. The first kappa shape index (κ1) is 16.6. The molecule has 0 saturated carbocycles. The lowest BCUT2D eigenvalue weighted by Gasteiger charge is -2.17. The zero-order chi connectivity index (χ0) is 16.8. The van der Waals surface area contributed by atoms with Crippen LogP contribution in [-0.4, -0.2) is 39.0 Å². The van der Waals surface area contributed by atoms with Gasteiger partial charge in [-0.1, -0.05) is 12.1 Å². The van der Waals surface area contributed by atoms with Crippen molar-refractivity contribution in [2.24, 2.45) is 5.73 Å². The van der Waals surface area contributed by atoms with Crippen LogP contribution < -0.4 is 11.1 Å².